The fourth-order valence-corrected chi connectivity index (χ4v) is 1.49. The molecule has 0 aliphatic carbocycles. The molecule has 1 rings (SSSR count). The molecule has 0 spiro atoms. The Balaban J connectivity index is 2.24. The van der Waals surface area contributed by atoms with E-state index in [9.17, 15) is 4.79 Å². The summed E-state index contributed by atoms with van der Waals surface area (Å²) in [6.45, 7) is 3.96. The number of urea groups is 1. The number of amides is 2. The molecule has 1 aliphatic rings. The molecular weight excluding hydrogens is 178 g/mol. The molecule has 1 fully saturated rings. The minimum Gasteiger partial charge on any atom is -0.337 e. The van der Waals surface area contributed by atoms with E-state index < -0.39 is 0 Å². The van der Waals surface area contributed by atoms with Crippen molar-refractivity contribution in [3.8, 4) is 6.07 Å². The van der Waals surface area contributed by atoms with Crippen molar-refractivity contribution in [2.75, 3.05) is 19.6 Å². The molecule has 1 heterocycles. The van der Waals surface area contributed by atoms with Gasteiger partial charge in [-0.25, -0.2) is 4.79 Å². The number of nitrogens with zero attached hydrogens (tertiary/aromatic N) is 2. The lowest BCUT2D eigenvalue weighted by molar-refractivity contribution is 0.186. The molecular formula is C10H17N3O. The molecule has 1 atom stereocenters. The Morgan fingerprint density at radius 1 is 1.50 bits per heavy atom. The summed E-state index contributed by atoms with van der Waals surface area (Å²) >= 11 is 0. The van der Waals surface area contributed by atoms with Gasteiger partial charge in [-0.3, -0.25) is 0 Å². The molecule has 0 bridgehead atoms. The highest BCUT2D eigenvalue weighted by molar-refractivity contribution is 5.74. The normalized spacial score (nSPS) is 18.4. The molecule has 1 N–H and O–H groups in total. The van der Waals surface area contributed by atoms with Crippen LogP contribution in [0, 0.1) is 17.2 Å². The van der Waals surface area contributed by atoms with Crippen molar-refractivity contribution in [2.24, 2.45) is 5.92 Å². The predicted molar refractivity (Wildman–Crippen MR) is 53.6 cm³/mol. The van der Waals surface area contributed by atoms with Gasteiger partial charge >= 0.3 is 6.03 Å². The van der Waals surface area contributed by atoms with E-state index in [2.05, 4.69) is 11.4 Å². The van der Waals surface area contributed by atoms with Crippen molar-refractivity contribution >= 4 is 6.03 Å². The first-order chi connectivity index (χ1) is 6.74. The van der Waals surface area contributed by atoms with Crippen LogP contribution >= 0.6 is 0 Å². The lowest BCUT2D eigenvalue weighted by Crippen LogP contribution is -2.43. The van der Waals surface area contributed by atoms with Crippen LogP contribution in [-0.4, -0.2) is 30.6 Å². The molecule has 0 aromatic carbocycles. The number of piperidine rings is 1. The molecule has 4 heteroatoms. The van der Waals surface area contributed by atoms with Crippen LogP contribution in [0.5, 0.6) is 0 Å². The average Bonchev–Trinajstić information content (AvgIpc) is 2.26. The number of hydrogen-bond donors (Lipinski definition) is 1. The molecule has 0 aromatic rings. The summed E-state index contributed by atoms with van der Waals surface area (Å²) in [5, 5.41) is 11.3. The second kappa shape index (κ2) is 5.48. The molecule has 0 saturated carbocycles. The summed E-state index contributed by atoms with van der Waals surface area (Å²) in [5.74, 6) is -0.108. The number of hydrogen-bond acceptors (Lipinski definition) is 2. The molecule has 1 saturated heterocycles. The van der Waals surface area contributed by atoms with Crippen molar-refractivity contribution in [1.29, 1.82) is 5.26 Å². The van der Waals surface area contributed by atoms with Crippen molar-refractivity contribution in [1.82, 2.24) is 10.2 Å². The summed E-state index contributed by atoms with van der Waals surface area (Å²) < 4.78 is 0. The van der Waals surface area contributed by atoms with Gasteiger partial charge in [0.25, 0.3) is 0 Å². The van der Waals surface area contributed by atoms with E-state index in [1.165, 1.54) is 6.42 Å². The van der Waals surface area contributed by atoms with E-state index in [-0.39, 0.29) is 11.9 Å². The van der Waals surface area contributed by atoms with Crippen molar-refractivity contribution < 1.29 is 4.79 Å². The van der Waals surface area contributed by atoms with Gasteiger partial charge < -0.3 is 10.2 Å². The summed E-state index contributed by atoms with van der Waals surface area (Å²) in [6.07, 6.45) is 3.42. The monoisotopic (exact) mass is 195 g/mol. The van der Waals surface area contributed by atoms with Gasteiger partial charge in [0.15, 0.2) is 0 Å². The highest BCUT2D eigenvalue weighted by atomic mass is 16.2. The zero-order chi connectivity index (χ0) is 10.4. The van der Waals surface area contributed by atoms with Crippen LogP contribution in [0.25, 0.3) is 0 Å². The van der Waals surface area contributed by atoms with Crippen LogP contribution in [0.3, 0.4) is 0 Å². The second-order valence-corrected chi connectivity index (χ2v) is 3.76. The number of nitrogens with one attached hydrogen (secondary N) is 1. The third-order valence-corrected chi connectivity index (χ3v) is 2.42. The minimum absolute atomic E-state index is 0.0215. The standard InChI is InChI=1S/C10H17N3O/c1-9(7-11)8-12-10(14)13-5-3-2-4-6-13/h9H,2-6,8H2,1H3,(H,12,14). The maximum atomic E-state index is 11.5. The predicted octanol–water partition coefficient (Wildman–Crippen LogP) is 1.34. The van der Waals surface area contributed by atoms with Gasteiger partial charge in [0.05, 0.1) is 12.0 Å². The fourth-order valence-electron chi connectivity index (χ4n) is 1.49. The number of carbonyl (C=O) groups excluding carboxylic acids is 1. The van der Waals surface area contributed by atoms with Gasteiger partial charge in [-0.05, 0) is 26.2 Å². The molecule has 78 valence electrons. The summed E-state index contributed by atoms with van der Waals surface area (Å²) in [5.41, 5.74) is 0. The van der Waals surface area contributed by atoms with Gasteiger partial charge in [0.1, 0.15) is 0 Å². The second-order valence-electron chi connectivity index (χ2n) is 3.76. The van der Waals surface area contributed by atoms with E-state index in [0.717, 1.165) is 25.9 Å². The average molecular weight is 195 g/mol. The number of rotatable bonds is 2. The maximum absolute atomic E-state index is 11.5. The lowest BCUT2D eigenvalue weighted by Gasteiger charge is -2.26. The van der Waals surface area contributed by atoms with Crippen molar-refractivity contribution in [3.63, 3.8) is 0 Å². The molecule has 1 aliphatic heterocycles. The van der Waals surface area contributed by atoms with E-state index in [1.54, 1.807) is 6.92 Å². The Morgan fingerprint density at radius 3 is 2.71 bits per heavy atom. The van der Waals surface area contributed by atoms with E-state index in [4.69, 9.17) is 5.26 Å². The Bertz CT molecular complexity index is 228. The first-order valence-electron chi connectivity index (χ1n) is 5.16. The van der Waals surface area contributed by atoms with Crippen LogP contribution in [0.15, 0.2) is 0 Å². The van der Waals surface area contributed by atoms with Gasteiger partial charge in [-0.2, -0.15) is 5.26 Å². The highest BCUT2D eigenvalue weighted by Gasteiger charge is 2.16. The van der Waals surface area contributed by atoms with Crippen LogP contribution in [0.2, 0.25) is 0 Å². The third-order valence-electron chi connectivity index (χ3n) is 2.42. The molecule has 4 nitrogen and oxygen atoms in total. The van der Waals surface area contributed by atoms with E-state index in [1.807, 2.05) is 4.90 Å². The largest absolute Gasteiger partial charge is 0.337 e. The Hall–Kier alpha value is -1.24. The lowest BCUT2D eigenvalue weighted by atomic mass is 10.1. The number of nitriles is 1. The minimum atomic E-state index is -0.108. The zero-order valence-electron chi connectivity index (χ0n) is 8.62. The van der Waals surface area contributed by atoms with Gasteiger partial charge in [-0.1, -0.05) is 0 Å². The SMILES string of the molecule is CC(C#N)CNC(=O)N1CCCCC1. The molecule has 1 unspecified atom stereocenters. The van der Waals surface area contributed by atoms with Gasteiger partial charge in [-0.15, -0.1) is 0 Å². The first kappa shape index (κ1) is 10.8. The molecule has 14 heavy (non-hydrogen) atoms. The topological polar surface area (TPSA) is 56.1 Å². The smallest absolute Gasteiger partial charge is 0.317 e. The Kier molecular flexibility index (Phi) is 4.24. The number of likely N-dealkylation sites (tertiary alicyclic amines) is 1. The number of carbonyl (C=O) groups is 1. The van der Waals surface area contributed by atoms with Crippen LogP contribution < -0.4 is 5.32 Å². The van der Waals surface area contributed by atoms with E-state index >= 15 is 0 Å². The van der Waals surface area contributed by atoms with Gasteiger partial charge in [0, 0.05) is 19.6 Å². The zero-order valence-corrected chi connectivity index (χ0v) is 8.62. The molecule has 0 radical (unpaired) electrons. The summed E-state index contributed by atoms with van der Waals surface area (Å²) in [7, 11) is 0. The van der Waals surface area contributed by atoms with Crippen LogP contribution in [-0.2, 0) is 0 Å². The fraction of sp³-hybridized carbons (Fsp3) is 0.800. The summed E-state index contributed by atoms with van der Waals surface area (Å²) in [4.78, 5) is 13.4. The quantitative estimate of drug-likeness (QED) is 0.723. The highest BCUT2D eigenvalue weighted by Crippen LogP contribution is 2.08. The first-order valence-corrected chi connectivity index (χ1v) is 5.16. The maximum Gasteiger partial charge on any atom is 0.317 e. The summed E-state index contributed by atoms with van der Waals surface area (Å²) in [6, 6.07) is 2.07. The van der Waals surface area contributed by atoms with Crippen LogP contribution in [0.4, 0.5) is 4.79 Å². The van der Waals surface area contributed by atoms with Gasteiger partial charge in [0.2, 0.25) is 0 Å². The molecule has 0 aromatic heterocycles. The third kappa shape index (κ3) is 3.25. The van der Waals surface area contributed by atoms with Crippen molar-refractivity contribution in [2.45, 2.75) is 26.2 Å². The Labute approximate surface area is 84.9 Å². The van der Waals surface area contributed by atoms with Crippen LogP contribution in [0.1, 0.15) is 26.2 Å². The van der Waals surface area contributed by atoms with E-state index in [0.29, 0.717) is 6.54 Å². The Morgan fingerprint density at radius 2 is 2.14 bits per heavy atom. The van der Waals surface area contributed by atoms with Crippen molar-refractivity contribution in [3.05, 3.63) is 0 Å². The molecule has 2 amide bonds.